The quantitative estimate of drug-likeness (QED) is 0.663. The third kappa shape index (κ3) is 2.73. The predicted octanol–water partition coefficient (Wildman–Crippen LogP) is 1.56. The molecule has 1 amide bonds. The second kappa shape index (κ2) is 5.40. The monoisotopic (exact) mass is 293 g/mol. The molecule has 1 N–H and O–H groups in total. The Bertz CT molecular complexity index is 593. The van der Waals surface area contributed by atoms with Crippen molar-refractivity contribution in [2.45, 2.75) is 18.9 Å². The zero-order valence-corrected chi connectivity index (χ0v) is 11.4. The fourth-order valence-electron chi connectivity index (χ4n) is 3.22. The topological polar surface area (TPSA) is 75.5 Å². The minimum atomic E-state index is -0.759. The predicted molar refractivity (Wildman–Crippen MR) is 73.5 cm³/mol. The number of rotatable bonds is 2. The van der Waals surface area contributed by atoms with E-state index in [0.717, 1.165) is 37.6 Å². The van der Waals surface area contributed by atoms with E-state index in [1.807, 2.05) is 0 Å². The van der Waals surface area contributed by atoms with Crippen molar-refractivity contribution in [1.29, 1.82) is 0 Å². The highest BCUT2D eigenvalue weighted by Gasteiger charge is 2.34. The van der Waals surface area contributed by atoms with Crippen LogP contribution in [0.15, 0.2) is 18.2 Å². The van der Waals surface area contributed by atoms with Crippen LogP contribution in [0, 0.1) is 21.8 Å². The van der Waals surface area contributed by atoms with E-state index >= 15 is 0 Å². The summed E-state index contributed by atoms with van der Waals surface area (Å²) in [4.78, 5) is 24.2. The number of nitro benzene ring substituents is 1. The van der Waals surface area contributed by atoms with Crippen LogP contribution in [0.25, 0.3) is 0 Å². The minimum absolute atomic E-state index is 0.0473. The van der Waals surface area contributed by atoms with E-state index in [9.17, 15) is 19.3 Å². The zero-order chi connectivity index (χ0) is 15.0. The summed E-state index contributed by atoms with van der Waals surface area (Å²) in [5.41, 5.74) is -0.345. The Morgan fingerprint density at radius 1 is 1.38 bits per heavy atom. The van der Waals surface area contributed by atoms with Gasteiger partial charge in [-0.25, -0.2) is 4.39 Å². The van der Waals surface area contributed by atoms with Gasteiger partial charge in [-0.05, 0) is 31.4 Å². The molecule has 6 nitrogen and oxygen atoms in total. The van der Waals surface area contributed by atoms with Gasteiger partial charge in [-0.15, -0.1) is 0 Å². The van der Waals surface area contributed by atoms with Crippen molar-refractivity contribution < 1.29 is 14.1 Å². The van der Waals surface area contributed by atoms with Crippen molar-refractivity contribution in [3.05, 3.63) is 39.7 Å². The number of likely N-dealkylation sites (tertiary alicyclic amines) is 1. The molecular formula is C14H16FN3O3. The van der Waals surface area contributed by atoms with E-state index in [2.05, 4.69) is 5.32 Å². The first kappa shape index (κ1) is 13.9. The highest BCUT2D eigenvalue weighted by atomic mass is 19.1. The lowest BCUT2D eigenvalue weighted by atomic mass is 9.93. The number of fused-ring (bicyclic) bond motifs is 1. The van der Waals surface area contributed by atoms with Crippen LogP contribution in [0.1, 0.15) is 23.2 Å². The number of hydrogen-bond acceptors (Lipinski definition) is 4. The molecule has 2 aliphatic rings. The van der Waals surface area contributed by atoms with Gasteiger partial charge in [-0.3, -0.25) is 14.9 Å². The maximum absolute atomic E-state index is 13.4. The number of nitro groups is 1. The Kier molecular flexibility index (Phi) is 3.59. The lowest BCUT2D eigenvalue weighted by molar-refractivity contribution is -0.385. The normalized spacial score (nSPS) is 24.7. The van der Waals surface area contributed by atoms with Crippen LogP contribution < -0.4 is 5.32 Å². The van der Waals surface area contributed by atoms with Crippen LogP contribution in [0.2, 0.25) is 0 Å². The number of halogens is 1. The molecule has 2 aliphatic heterocycles. The SMILES string of the molecule is O=C(c1cc(F)cc([N+](=O)[O-])c1)N1CCC2NCCC2C1. The molecule has 1 aromatic rings. The number of nitrogens with zero attached hydrogens (tertiary/aromatic N) is 2. The molecular weight excluding hydrogens is 277 g/mol. The third-order valence-electron chi connectivity index (χ3n) is 4.28. The molecule has 0 bridgehead atoms. The van der Waals surface area contributed by atoms with Gasteiger partial charge in [-0.1, -0.05) is 0 Å². The molecule has 3 rings (SSSR count). The summed E-state index contributed by atoms with van der Waals surface area (Å²) < 4.78 is 13.4. The number of carbonyl (C=O) groups excluding carboxylic acids is 1. The molecule has 0 aromatic heterocycles. The fraction of sp³-hybridized carbons (Fsp3) is 0.500. The van der Waals surface area contributed by atoms with Crippen LogP contribution in [0.5, 0.6) is 0 Å². The Labute approximate surface area is 121 Å². The molecule has 112 valence electrons. The molecule has 7 heteroatoms. The first-order valence-electron chi connectivity index (χ1n) is 7.02. The van der Waals surface area contributed by atoms with E-state index < -0.39 is 16.4 Å². The summed E-state index contributed by atoms with van der Waals surface area (Å²) in [5, 5.41) is 14.2. The van der Waals surface area contributed by atoms with Gasteiger partial charge in [0, 0.05) is 30.8 Å². The van der Waals surface area contributed by atoms with Gasteiger partial charge >= 0.3 is 0 Å². The van der Waals surface area contributed by atoms with Gasteiger partial charge in [0.25, 0.3) is 11.6 Å². The van der Waals surface area contributed by atoms with Crippen LogP contribution in [-0.4, -0.2) is 41.4 Å². The second-order valence-electron chi connectivity index (χ2n) is 5.60. The number of amides is 1. The van der Waals surface area contributed by atoms with Gasteiger partial charge in [0.15, 0.2) is 0 Å². The van der Waals surface area contributed by atoms with Crippen molar-refractivity contribution >= 4 is 11.6 Å². The van der Waals surface area contributed by atoms with Crippen molar-refractivity contribution in [1.82, 2.24) is 10.2 Å². The largest absolute Gasteiger partial charge is 0.338 e. The lowest BCUT2D eigenvalue weighted by Gasteiger charge is -2.34. The highest BCUT2D eigenvalue weighted by Crippen LogP contribution is 2.26. The van der Waals surface area contributed by atoms with E-state index in [1.54, 1.807) is 4.90 Å². The maximum Gasteiger partial charge on any atom is 0.273 e. The van der Waals surface area contributed by atoms with Crippen molar-refractivity contribution in [3.63, 3.8) is 0 Å². The molecule has 0 aliphatic carbocycles. The Morgan fingerprint density at radius 2 is 2.19 bits per heavy atom. The average Bonchev–Trinajstić information content (AvgIpc) is 2.93. The van der Waals surface area contributed by atoms with E-state index in [-0.39, 0.29) is 11.5 Å². The Hall–Kier alpha value is -2.02. The van der Waals surface area contributed by atoms with Crippen molar-refractivity contribution in [2.75, 3.05) is 19.6 Å². The summed E-state index contributed by atoms with van der Waals surface area (Å²) in [7, 11) is 0. The Morgan fingerprint density at radius 3 is 2.95 bits per heavy atom. The molecule has 2 fully saturated rings. The molecule has 2 atom stereocenters. The summed E-state index contributed by atoms with van der Waals surface area (Å²) in [5.74, 6) is -0.667. The standard InChI is InChI=1S/C14H16FN3O3/c15-11-5-10(6-12(7-11)18(20)21)14(19)17-4-2-13-9(8-17)1-3-16-13/h5-7,9,13,16H,1-4,8H2. The number of carbonyl (C=O) groups is 1. The van der Waals surface area contributed by atoms with Gasteiger partial charge in [0.05, 0.1) is 11.0 Å². The molecule has 0 spiro atoms. The van der Waals surface area contributed by atoms with Gasteiger partial charge in [-0.2, -0.15) is 0 Å². The number of hydrogen-bond donors (Lipinski definition) is 1. The summed E-state index contributed by atoms with van der Waals surface area (Å²) in [6, 6.07) is 3.48. The van der Waals surface area contributed by atoms with E-state index in [0.29, 0.717) is 25.0 Å². The third-order valence-corrected chi connectivity index (χ3v) is 4.28. The highest BCUT2D eigenvalue weighted by molar-refractivity contribution is 5.95. The summed E-state index contributed by atoms with van der Waals surface area (Å²) in [6.07, 6.45) is 1.89. The molecule has 21 heavy (non-hydrogen) atoms. The lowest BCUT2D eigenvalue weighted by Crippen LogP contribution is -2.46. The fourth-order valence-corrected chi connectivity index (χ4v) is 3.22. The molecule has 0 saturated carbocycles. The molecule has 2 unspecified atom stereocenters. The number of non-ortho nitro benzene ring substituents is 1. The number of nitrogens with one attached hydrogen (secondary N) is 1. The molecule has 2 heterocycles. The van der Waals surface area contributed by atoms with Crippen molar-refractivity contribution in [2.24, 2.45) is 5.92 Å². The minimum Gasteiger partial charge on any atom is -0.338 e. The smallest absolute Gasteiger partial charge is 0.273 e. The molecule has 0 radical (unpaired) electrons. The van der Waals surface area contributed by atoms with Gasteiger partial charge in [0.1, 0.15) is 5.82 Å². The van der Waals surface area contributed by atoms with Gasteiger partial charge < -0.3 is 10.2 Å². The number of piperidine rings is 1. The summed E-state index contributed by atoms with van der Waals surface area (Å²) >= 11 is 0. The molecule has 2 saturated heterocycles. The number of benzene rings is 1. The maximum atomic E-state index is 13.4. The van der Waals surface area contributed by atoms with Crippen LogP contribution in [-0.2, 0) is 0 Å². The second-order valence-corrected chi connectivity index (χ2v) is 5.60. The van der Waals surface area contributed by atoms with Crippen LogP contribution in [0.4, 0.5) is 10.1 Å². The van der Waals surface area contributed by atoms with Crippen molar-refractivity contribution in [3.8, 4) is 0 Å². The van der Waals surface area contributed by atoms with E-state index in [1.165, 1.54) is 0 Å². The first-order valence-corrected chi connectivity index (χ1v) is 7.02. The van der Waals surface area contributed by atoms with E-state index in [4.69, 9.17) is 0 Å². The summed E-state index contributed by atoms with van der Waals surface area (Å²) in [6.45, 7) is 2.18. The van der Waals surface area contributed by atoms with Crippen LogP contribution >= 0.6 is 0 Å². The van der Waals surface area contributed by atoms with Crippen LogP contribution in [0.3, 0.4) is 0 Å². The Balaban J connectivity index is 1.80. The molecule has 1 aromatic carbocycles. The zero-order valence-electron chi connectivity index (χ0n) is 11.4. The van der Waals surface area contributed by atoms with Gasteiger partial charge in [0.2, 0.25) is 0 Å². The first-order chi connectivity index (χ1) is 10.0. The average molecular weight is 293 g/mol.